The minimum Gasteiger partial charge on any atom is -0.409 e. The molecule has 4 N–H and O–H groups in total. The van der Waals surface area contributed by atoms with Crippen LogP contribution in [0.25, 0.3) is 0 Å². The summed E-state index contributed by atoms with van der Waals surface area (Å²) >= 11 is 1.49. The molecule has 1 fully saturated rings. The Morgan fingerprint density at radius 1 is 1.53 bits per heavy atom. The molecule has 0 aliphatic heterocycles. The summed E-state index contributed by atoms with van der Waals surface area (Å²) in [4.78, 5) is 17.4. The molecule has 7 heteroatoms. The quantitative estimate of drug-likeness (QED) is 0.337. The average Bonchev–Trinajstić information content (AvgIpc) is 2.97. The van der Waals surface area contributed by atoms with Gasteiger partial charge in [0.25, 0.3) is 0 Å². The summed E-state index contributed by atoms with van der Waals surface area (Å²) in [6.07, 6.45) is 5.92. The van der Waals surface area contributed by atoms with Crippen LogP contribution in [0.1, 0.15) is 37.0 Å². The number of carbonyl (C=O) groups is 1. The molecule has 0 bridgehead atoms. The van der Waals surface area contributed by atoms with Gasteiger partial charge < -0.3 is 16.3 Å². The normalized spacial score (nSPS) is 19.1. The van der Waals surface area contributed by atoms with Gasteiger partial charge in [0.1, 0.15) is 5.41 Å². The van der Waals surface area contributed by atoms with E-state index in [1.54, 1.807) is 11.7 Å². The van der Waals surface area contributed by atoms with E-state index in [-0.39, 0.29) is 11.7 Å². The monoisotopic (exact) mass is 282 g/mol. The number of oxime groups is 1. The Labute approximate surface area is 115 Å². The maximum atomic E-state index is 12.4. The van der Waals surface area contributed by atoms with Crippen molar-refractivity contribution < 1.29 is 10.0 Å². The minimum absolute atomic E-state index is 0.0222. The van der Waals surface area contributed by atoms with Crippen molar-refractivity contribution in [2.45, 2.75) is 38.6 Å². The molecule has 1 aromatic heterocycles. The lowest BCUT2D eigenvalue weighted by molar-refractivity contribution is -0.129. The smallest absolute Gasteiger partial charge is 0.234 e. The number of hydrogen-bond acceptors (Lipinski definition) is 5. The molecular formula is C12H18N4O2S. The second-order valence-electron chi connectivity index (χ2n) is 4.78. The van der Waals surface area contributed by atoms with E-state index in [4.69, 9.17) is 10.9 Å². The fourth-order valence-corrected chi connectivity index (χ4v) is 3.05. The lowest BCUT2D eigenvalue weighted by Gasteiger charge is -2.34. The molecule has 104 valence electrons. The van der Waals surface area contributed by atoms with E-state index >= 15 is 0 Å². The van der Waals surface area contributed by atoms with E-state index in [2.05, 4.69) is 15.5 Å². The lowest BCUT2D eigenvalue weighted by Crippen LogP contribution is -2.50. The number of thiazole rings is 1. The molecule has 0 aromatic carbocycles. The molecule has 1 amide bonds. The Balaban J connectivity index is 2.07. The maximum absolute atomic E-state index is 12.4. The van der Waals surface area contributed by atoms with Crippen LogP contribution in [0.15, 0.2) is 16.9 Å². The van der Waals surface area contributed by atoms with Gasteiger partial charge in [0.05, 0.1) is 12.1 Å². The molecule has 2 rings (SSSR count). The van der Waals surface area contributed by atoms with E-state index in [1.807, 2.05) is 0 Å². The molecule has 0 unspecified atom stereocenters. The van der Waals surface area contributed by atoms with Gasteiger partial charge in [-0.25, -0.2) is 0 Å². The first-order valence-electron chi connectivity index (χ1n) is 6.33. The highest BCUT2D eigenvalue weighted by Crippen LogP contribution is 2.36. The number of nitrogens with two attached hydrogens (primary N) is 1. The molecule has 1 aliphatic carbocycles. The lowest BCUT2D eigenvalue weighted by atomic mass is 9.72. The predicted octanol–water partition coefficient (Wildman–Crippen LogP) is 1.46. The van der Waals surface area contributed by atoms with Gasteiger partial charge in [-0.15, -0.1) is 11.3 Å². The average molecular weight is 282 g/mol. The summed E-state index contributed by atoms with van der Waals surface area (Å²) in [5.74, 6) is -0.134. The van der Waals surface area contributed by atoms with Crippen LogP contribution < -0.4 is 11.1 Å². The van der Waals surface area contributed by atoms with Crippen molar-refractivity contribution in [3.05, 3.63) is 16.6 Å². The van der Waals surface area contributed by atoms with Crippen LogP contribution in [-0.4, -0.2) is 21.9 Å². The molecule has 0 atom stereocenters. The summed E-state index contributed by atoms with van der Waals surface area (Å²) in [5.41, 5.74) is 6.64. The van der Waals surface area contributed by atoms with Gasteiger partial charge in [0.15, 0.2) is 5.84 Å². The van der Waals surface area contributed by atoms with Crippen molar-refractivity contribution in [2.75, 3.05) is 0 Å². The number of aromatic nitrogens is 1. The third-order valence-corrected chi connectivity index (χ3v) is 4.43. The molecule has 6 nitrogen and oxygen atoms in total. The van der Waals surface area contributed by atoms with Crippen LogP contribution >= 0.6 is 11.3 Å². The van der Waals surface area contributed by atoms with Crippen molar-refractivity contribution in [1.82, 2.24) is 10.3 Å². The summed E-state index contributed by atoms with van der Waals surface area (Å²) in [7, 11) is 0. The van der Waals surface area contributed by atoms with Gasteiger partial charge in [0, 0.05) is 11.1 Å². The second kappa shape index (κ2) is 6.01. The highest BCUT2D eigenvalue weighted by molar-refractivity contribution is 7.09. The van der Waals surface area contributed by atoms with Gasteiger partial charge in [-0.3, -0.25) is 9.78 Å². The summed E-state index contributed by atoms with van der Waals surface area (Å²) < 4.78 is 0. The van der Waals surface area contributed by atoms with Crippen LogP contribution in [0.3, 0.4) is 0 Å². The molecule has 1 aromatic rings. The fourth-order valence-electron chi connectivity index (χ4n) is 2.52. The number of hydrogen-bond donors (Lipinski definition) is 3. The van der Waals surface area contributed by atoms with Crippen LogP contribution in [0.2, 0.25) is 0 Å². The van der Waals surface area contributed by atoms with E-state index < -0.39 is 5.41 Å². The van der Waals surface area contributed by atoms with Crippen molar-refractivity contribution in [3.8, 4) is 0 Å². The summed E-state index contributed by atoms with van der Waals surface area (Å²) in [6.45, 7) is 0.434. The van der Waals surface area contributed by atoms with Crippen molar-refractivity contribution in [2.24, 2.45) is 16.3 Å². The molecule has 1 aliphatic rings. The Hall–Kier alpha value is -1.63. The van der Waals surface area contributed by atoms with Crippen molar-refractivity contribution >= 4 is 23.1 Å². The Morgan fingerprint density at radius 2 is 2.26 bits per heavy atom. The summed E-state index contributed by atoms with van der Waals surface area (Å²) in [5, 5.41) is 14.9. The number of nitrogens with zero attached hydrogens (tertiary/aromatic N) is 2. The van der Waals surface area contributed by atoms with Crippen LogP contribution in [0.4, 0.5) is 0 Å². The SMILES string of the molecule is NC(=NO)C1(C(=O)NCc2cncs2)CCCCC1. The van der Waals surface area contributed by atoms with E-state index in [9.17, 15) is 4.79 Å². The molecule has 1 saturated carbocycles. The minimum atomic E-state index is -0.850. The third kappa shape index (κ3) is 2.86. The zero-order valence-electron chi connectivity index (χ0n) is 10.6. The number of carbonyl (C=O) groups excluding carboxylic acids is 1. The second-order valence-corrected chi connectivity index (χ2v) is 5.75. The topological polar surface area (TPSA) is 101 Å². The van der Waals surface area contributed by atoms with Crippen molar-refractivity contribution in [1.29, 1.82) is 0 Å². The number of amidine groups is 1. The van der Waals surface area contributed by atoms with Crippen molar-refractivity contribution in [3.63, 3.8) is 0 Å². The first-order chi connectivity index (χ1) is 9.19. The van der Waals surface area contributed by atoms with Gasteiger partial charge in [0.2, 0.25) is 5.91 Å². The van der Waals surface area contributed by atoms with E-state index in [0.717, 1.165) is 24.1 Å². The van der Waals surface area contributed by atoms with Gasteiger partial charge in [-0.05, 0) is 12.8 Å². The standard InChI is InChI=1S/C12H18N4O2S/c13-10(16-18)12(4-2-1-3-5-12)11(17)15-7-9-6-14-8-19-9/h6,8,18H,1-5,7H2,(H2,13,16)(H,15,17). The zero-order valence-corrected chi connectivity index (χ0v) is 11.4. The van der Waals surface area contributed by atoms with E-state index in [0.29, 0.717) is 19.4 Å². The zero-order chi connectivity index (χ0) is 13.7. The molecule has 0 radical (unpaired) electrons. The highest BCUT2D eigenvalue weighted by Gasteiger charge is 2.43. The summed E-state index contributed by atoms with van der Waals surface area (Å²) in [6, 6.07) is 0. The van der Waals surface area contributed by atoms with Gasteiger partial charge >= 0.3 is 0 Å². The first kappa shape index (κ1) is 13.8. The van der Waals surface area contributed by atoms with Crippen LogP contribution in [-0.2, 0) is 11.3 Å². The number of rotatable bonds is 4. The third-order valence-electron chi connectivity index (χ3n) is 3.65. The Bertz CT molecular complexity index is 452. The molecule has 19 heavy (non-hydrogen) atoms. The molecule has 0 saturated heterocycles. The van der Waals surface area contributed by atoms with Gasteiger partial charge in [-0.2, -0.15) is 0 Å². The molecule has 0 spiro atoms. The maximum Gasteiger partial charge on any atom is 0.234 e. The predicted molar refractivity (Wildman–Crippen MR) is 72.9 cm³/mol. The Kier molecular flexibility index (Phi) is 4.36. The molecular weight excluding hydrogens is 264 g/mol. The van der Waals surface area contributed by atoms with E-state index in [1.165, 1.54) is 11.3 Å². The number of amides is 1. The molecule has 1 heterocycles. The van der Waals surface area contributed by atoms with Gasteiger partial charge in [-0.1, -0.05) is 24.4 Å². The van der Waals surface area contributed by atoms with Crippen LogP contribution in [0, 0.1) is 5.41 Å². The van der Waals surface area contributed by atoms with Crippen LogP contribution in [0.5, 0.6) is 0 Å². The highest BCUT2D eigenvalue weighted by atomic mass is 32.1. The number of nitrogens with one attached hydrogen (secondary N) is 1. The fraction of sp³-hybridized carbons (Fsp3) is 0.583. The Morgan fingerprint density at radius 3 is 2.84 bits per heavy atom. The first-order valence-corrected chi connectivity index (χ1v) is 7.21. The largest absolute Gasteiger partial charge is 0.409 e.